The molecule has 1 N–H and O–H groups in total. The quantitative estimate of drug-likeness (QED) is 0.322. The van der Waals surface area contributed by atoms with Gasteiger partial charge in [-0.15, -0.1) is 0 Å². The fourth-order valence-electron chi connectivity index (χ4n) is 1.23. The second-order valence-electron chi connectivity index (χ2n) is 4.37. The molecule has 0 spiro atoms. The van der Waals surface area contributed by atoms with Crippen LogP contribution in [0.2, 0.25) is 0 Å². The van der Waals surface area contributed by atoms with Crippen LogP contribution in [0, 0.1) is 10.1 Å². The van der Waals surface area contributed by atoms with E-state index in [1.54, 1.807) is 0 Å². The number of nitrogens with one attached hydrogen (secondary N) is 1. The van der Waals surface area contributed by atoms with Gasteiger partial charge in [0.25, 0.3) is 0 Å². The summed E-state index contributed by atoms with van der Waals surface area (Å²) in [7, 11) is 0. The minimum Gasteiger partial charge on any atom is -0.349 e. The lowest BCUT2D eigenvalue weighted by atomic mass is 10.2. The summed E-state index contributed by atoms with van der Waals surface area (Å²) in [4.78, 5) is 21.1. The van der Waals surface area contributed by atoms with Gasteiger partial charge in [-0.2, -0.15) is 13.2 Å². The largest absolute Gasteiger partial charge is 0.392 e. The summed E-state index contributed by atoms with van der Waals surface area (Å²) in [5.74, 6) is -0.433. The Bertz CT molecular complexity index is 519. The third-order valence-corrected chi connectivity index (χ3v) is 2.26. The molecule has 0 heterocycles. The van der Waals surface area contributed by atoms with Crippen LogP contribution in [0.5, 0.6) is 0 Å². The summed E-state index contributed by atoms with van der Waals surface area (Å²) in [5.41, 5.74) is 0.672. The van der Waals surface area contributed by atoms with E-state index in [9.17, 15) is 28.1 Å². The highest BCUT2D eigenvalue weighted by atomic mass is 19.4. The molecule has 0 saturated carbocycles. The zero-order chi connectivity index (χ0) is 19.2. The van der Waals surface area contributed by atoms with Gasteiger partial charge in [-0.3, -0.25) is 14.9 Å². The number of rotatable bonds is 7. The summed E-state index contributed by atoms with van der Waals surface area (Å²) < 4.78 is 35.6. The molecule has 0 aliphatic rings. The number of carbonyl (C=O) groups excluding carboxylic acids is 1. The molecule has 0 unspecified atom stereocenters. The summed E-state index contributed by atoms with van der Waals surface area (Å²) >= 11 is 0. The molecule has 0 aromatic rings. The first kappa shape index (κ1) is 23.9. The van der Waals surface area contributed by atoms with Crippen molar-refractivity contribution in [3.8, 4) is 0 Å². The Morgan fingerprint density at radius 1 is 1.21 bits per heavy atom. The van der Waals surface area contributed by atoms with Gasteiger partial charge in [-0.25, -0.2) is 0 Å². The number of nitrogens with zero attached hydrogens (tertiary/aromatic N) is 1. The van der Waals surface area contributed by atoms with Crippen molar-refractivity contribution in [3.05, 3.63) is 57.8 Å². The first-order valence-corrected chi connectivity index (χ1v) is 7.28. The van der Waals surface area contributed by atoms with Crippen molar-refractivity contribution in [2.75, 3.05) is 6.54 Å². The van der Waals surface area contributed by atoms with Gasteiger partial charge in [0, 0.05) is 17.7 Å². The minimum atomic E-state index is -4.26. The Morgan fingerprint density at radius 2 is 1.79 bits per heavy atom. The summed E-state index contributed by atoms with van der Waals surface area (Å²) in [5, 5.41) is 12.7. The van der Waals surface area contributed by atoms with E-state index in [-0.39, 0.29) is 12.1 Å². The van der Waals surface area contributed by atoms with Crippen LogP contribution in [0.4, 0.5) is 13.2 Å². The second-order valence-corrected chi connectivity index (χ2v) is 4.37. The predicted octanol–water partition coefficient (Wildman–Crippen LogP) is 4.32. The van der Waals surface area contributed by atoms with Crippen LogP contribution in [0.3, 0.4) is 0 Å². The monoisotopic (exact) mass is 348 g/mol. The van der Waals surface area contributed by atoms with E-state index in [1.807, 2.05) is 13.8 Å². The van der Waals surface area contributed by atoms with Crippen LogP contribution in [-0.2, 0) is 4.79 Å². The van der Waals surface area contributed by atoms with E-state index >= 15 is 0 Å². The Kier molecular flexibility index (Phi) is 13.0. The Labute approximate surface area is 139 Å². The lowest BCUT2D eigenvalue weighted by Crippen LogP contribution is -2.23. The van der Waals surface area contributed by atoms with Crippen LogP contribution in [0.1, 0.15) is 34.1 Å². The maximum absolute atomic E-state index is 11.9. The normalized spacial score (nSPS) is 13.0. The van der Waals surface area contributed by atoms with Gasteiger partial charge in [0.05, 0.1) is 11.3 Å². The van der Waals surface area contributed by atoms with Crippen molar-refractivity contribution in [1.82, 2.24) is 5.32 Å². The molecular formula is C16H23F3N2O3. The molecule has 5 nitrogen and oxygen atoms in total. The highest BCUT2D eigenvalue weighted by Crippen LogP contribution is 2.19. The predicted molar refractivity (Wildman–Crippen MR) is 87.8 cm³/mol. The molecule has 1 amide bonds. The molecule has 0 saturated heterocycles. The number of allylic oxidation sites excluding steroid dienone is 5. The number of nitro groups is 1. The van der Waals surface area contributed by atoms with E-state index in [0.29, 0.717) is 5.57 Å². The average molecular weight is 348 g/mol. The molecular weight excluding hydrogens is 325 g/mol. The van der Waals surface area contributed by atoms with E-state index in [1.165, 1.54) is 38.2 Å². The van der Waals surface area contributed by atoms with E-state index < -0.39 is 23.4 Å². The maximum atomic E-state index is 11.9. The van der Waals surface area contributed by atoms with Gasteiger partial charge in [0.1, 0.15) is 0 Å². The summed E-state index contributed by atoms with van der Waals surface area (Å²) in [6.07, 6.45) is 1.89. The third kappa shape index (κ3) is 16.0. The fourth-order valence-corrected chi connectivity index (χ4v) is 1.23. The highest BCUT2D eigenvalue weighted by molar-refractivity contribution is 5.93. The number of halogens is 3. The lowest BCUT2D eigenvalue weighted by molar-refractivity contribution is -0.403. The summed E-state index contributed by atoms with van der Waals surface area (Å²) in [6, 6.07) is 0. The molecule has 24 heavy (non-hydrogen) atoms. The standard InChI is InChI=1S/C14H17F3N2O3.C2H6/c1-11(10-19(21)22)6-5-9-18-13(20)12(2)7-3-4-8-14(15,16)17;1-2/h3-7,10H,8-9H2,1-2H3,(H,18,20);1-2H3/b4-3-,6-5-,11-10+,12-7+;. The van der Waals surface area contributed by atoms with Crippen LogP contribution >= 0.6 is 0 Å². The van der Waals surface area contributed by atoms with Crippen molar-refractivity contribution >= 4 is 5.91 Å². The van der Waals surface area contributed by atoms with E-state index in [2.05, 4.69) is 5.32 Å². The molecule has 0 aromatic carbocycles. The Hall–Kier alpha value is -2.38. The lowest BCUT2D eigenvalue weighted by Gasteiger charge is -2.01. The molecule has 0 atom stereocenters. The van der Waals surface area contributed by atoms with E-state index in [0.717, 1.165) is 12.3 Å². The number of carbonyl (C=O) groups is 1. The number of hydrogen-bond acceptors (Lipinski definition) is 3. The Morgan fingerprint density at radius 3 is 2.29 bits per heavy atom. The van der Waals surface area contributed by atoms with Gasteiger partial charge < -0.3 is 5.32 Å². The van der Waals surface area contributed by atoms with E-state index in [4.69, 9.17) is 0 Å². The SMILES string of the molecule is CC.CC(/C=C\CNC(=O)/C(C)=C/C=C\CC(F)(F)F)=C\[N+](=O)[O-]. The van der Waals surface area contributed by atoms with Gasteiger partial charge in [-0.05, 0) is 13.8 Å². The number of alkyl halides is 3. The molecule has 0 aromatic heterocycles. The van der Waals surface area contributed by atoms with Crippen molar-refractivity contribution in [1.29, 1.82) is 0 Å². The zero-order valence-electron chi connectivity index (χ0n) is 14.2. The van der Waals surface area contributed by atoms with Crippen molar-refractivity contribution < 1.29 is 22.9 Å². The molecule has 0 radical (unpaired) electrons. The van der Waals surface area contributed by atoms with Gasteiger partial charge in [-0.1, -0.05) is 44.2 Å². The smallest absolute Gasteiger partial charge is 0.349 e. The van der Waals surface area contributed by atoms with Crippen LogP contribution in [0.25, 0.3) is 0 Å². The van der Waals surface area contributed by atoms with Gasteiger partial charge in [0.2, 0.25) is 12.1 Å². The van der Waals surface area contributed by atoms with Crippen molar-refractivity contribution in [3.63, 3.8) is 0 Å². The van der Waals surface area contributed by atoms with Crippen molar-refractivity contribution in [2.24, 2.45) is 0 Å². The molecule has 0 aliphatic heterocycles. The average Bonchev–Trinajstić information content (AvgIpc) is 2.48. The molecule has 0 bridgehead atoms. The number of amides is 1. The molecule has 136 valence electrons. The fraction of sp³-hybridized carbons (Fsp3) is 0.438. The van der Waals surface area contributed by atoms with Gasteiger partial charge >= 0.3 is 6.18 Å². The molecule has 8 heteroatoms. The summed E-state index contributed by atoms with van der Waals surface area (Å²) in [6.45, 7) is 7.16. The van der Waals surface area contributed by atoms with Gasteiger partial charge in [0.15, 0.2) is 0 Å². The number of hydrogen-bond donors (Lipinski definition) is 1. The molecule has 0 rings (SSSR count). The first-order valence-electron chi connectivity index (χ1n) is 7.28. The first-order chi connectivity index (χ1) is 11.1. The zero-order valence-corrected chi connectivity index (χ0v) is 14.2. The van der Waals surface area contributed by atoms with Crippen molar-refractivity contribution in [2.45, 2.75) is 40.3 Å². The van der Waals surface area contributed by atoms with Crippen LogP contribution < -0.4 is 5.32 Å². The third-order valence-electron chi connectivity index (χ3n) is 2.26. The molecule has 0 aliphatic carbocycles. The second kappa shape index (κ2) is 13.1. The minimum absolute atomic E-state index is 0.152. The highest BCUT2D eigenvalue weighted by Gasteiger charge is 2.24. The van der Waals surface area contributed by atoms with Crippen LogP contribution in [-0.4, -0.2) is 23.6 Å². The Balaban J connectivity index is 0. The maximum Gasteiger partial charge on any atom is 0.392 e. The topological polar surface area (TPSA) is 72.2 Å². The van der Waals surface area contributed by atoms with Crippen LogP contribution in [0.15, 0.2) is 47.7 Å². The molecule has 0 fully saturated rings.